The molecule has 1 aliphatic carbocycles. The third-order valence-electron chi connectivity index (χ3n) is 5.96. The van der Waals surface area contributed by atoms with E-state index in [1.807, 2.05) is 18.2 Å². The number of carbonyl (C=O) groups excluding carboxylic acids is 1. The van der Waals surface area contributed by atoms with E-state index in [0.29, 0.717) is 23.6 Å². The first kappa shape index (κ1) is 21.9. The van der Waals surface area contributed by atoms with Gasteiger partial charge in [-0.1, -0.05) is 48.2 Å². The molecular weight excluding hydrogens is 423 g/mol. The average Bonchev–Trinajstić information content (AvgIpc) is 3.08. The fourth-order valence-electron chi connectivity index (χ4n) is 4.63. The summed E-state index contributed by atoms with van der Waals surface area (Å²) in [5, 5.41) is 6.49. The van der Waals surface area contributed by atoms with Crippen molar-refractivity contribution in [2.45, 2.75) is 43.7 Å². The molecule has 4 rings (SSSR count). The number of carbonyl (C=O) groups is 1. The van der Waals surface area contributed by atoms with Crippen molar-refractivity contribution in [2.75, 3.05) is 6.54 Å². The molecule has 0 fully saturated rings. The molecule has 31 heavy (non-hydrogen) atoms. The van der Waals surface area contributed by atoms with Crippen molar-refractivity contribution in [1.29, 1.82) is 0 Å². The zero-order valence-corrected chi connectivity index (χ0v) is 18.0. The zero-order chi connectivity index (χ0) is 22.2. The van der Waals surface area contributed by atoms with Gasteiger partial charge in [0.1, 0.15) is 9.91 Å². The van der Waals surface area contributed by atoms with Crippen molar-refractivity contribution >= 4 is 22.7 Å². The number of benzene rings is 2. The van der Waals surface area contributed by atoms with Crippen molar-refractivity contribution in [3.05, 3.63) is 70.8 Å². The van der Waals surface area contributed by atoms with Crippen molar-refractivity contribution < 1.29 is 18.0 Å². The molecule has 1 heterocycles. The maximum Gasteiger partial charge on any atom is 0.416 e. The van der Waals surface area contributed by atoms with Crippen LogP contribution in [0.4, 0.5) is 13.2 Å². The molecule has 0 bridgehead atoms. The number of fused-ring (bicyclic) bond motifs is 2. The number of hydrazone groups is 1. The number of amides is 1. The Morgan fingerprint density at radius 2 is 2.03 bits per heavy atom. The fourth-order valence-corrected chi connectivity index (χ4v) is 6.26. The van der Waals surface area contributed by atoms with Gasteiger partial charge in [0.05, 0.1) is 5.56 Å². The highest BCUT2D eigenvalue weighted by Crippen LogP contribution is 2.56. The van der Waals surface area contributed by atoms with Gasteiger partial charge in [-0.05, 0) is 61.4 Å². The van der Waals surface area contributed by atoms with Gasteiger partial charge < -0.3 is 5.73 Å². The van der Waals surface area contributed by atoms with Crippen LogP contribution in [-0.2, 0) is 22.3 Å². The summed E-state index contributed by atoms with van der Waals surface area (Å²) in [7, 11) is 0. The molecular formula is C23H24F3N3OS. The molecule has 8 heteroatoms. The first-order valence-electron chi connectivity index (χ1n) is 10.3. The highest BCUT2D eigenvalue weighted by Gasteiger charge is 2.54. The molecule has 0 saturated heterocycles. The normalized spacial score (nSPS) is 23.5. The first-order valence-corrected chi connectivity index (χ1v) is 11.1. The number of alkyl halides is 3. The van der Waals surface area contributed by atoms with Crippen LogP contribution in [0.2, 0.25) is 0 Å². The van der Waals surface area contributed by atoms with Crippen molar-refractivity contribution in [3.63, 3.8) is 0 Å². The first-order chi connectivity index (χ1) is 14.8. The Bertz CT molecular complexity index is 1020. The molecule has 1 aliphatic heterocycles. The molecule has 0 saturated carbocycles. The average molecular weight is 448 g/mol. The van der Waals surface area contributed by atoms with Crippen LogP contribution in [0.3, 0.4) is 0 Å². The van der Waals surface area contributed by atoms with E-state index in [-0.39, 0.29) is 11.8 Å². The minimum absolute atomic E-state index is 0.0297. The minimum atomic E-state index is -4.45. The van der Waals surface area contributed by atoms with Crippen molar-refractivity contribution in [3.8, 4) is 0 Å². The summed E-state index contributed by atoms with van der Waals surface area (Å²) in [6.45, 7) is 1.91. The maximum absolute atomic E-state index is 13.3. The van der Waals surface area contributed by atoms with Gasteiger partial charge in [0.25, 0.3) is 0 Å². The minimum Gasteiger partial charge on any atom is -0.330 e. The highest BCUT2D eigenvalue weighted by molar-refractivity contribution is 8.15. The number of halogens is 3. The Kier molecular flexibility index (Phi) is 5.87. The van der Waals surface area contributed by atoms with Gasteiger partial charge in [0, 0.05) is 12.5 Å². The third kappa shape index (κ3) is 3.87. The predicted octanol–water partition coefficient (Wildman–Crippen LogP) is 5.12. The second-order valence-corrected chi connectivity index (χ2v) is 9.15. The van der Waals surface area contributed by atoms with E-state index in [1.54, 1.807) is 6.07 Å². The summed E-state index contributed by atoms with van der Waals surface area (Å²) >= 11 is 1.38. The molecule has 0 radical (unpaired) electrons. The van der Waals surface area contributed by atoms with E-state index in [2.05, 4.69) is 11.2 Å². The molecule has 4 nitrogen and oxygen atoms in total. The van der Waals surface area contributed by atoms with Crippen LogP contribution in [-0.4, -0.2) is 22.5 Å². The summed E-state index contributed by atoms with van der Waals surface area (Å²) in [6.07, 6.45) is -1.07. The van der Waals surface area contributed by atoms with Crippen LogP contribution in [0.5, 0.6) is 0 Å². The summed E-state index contributed by atoms with van der Waals surface area (Å²) in [6, 6.07) is 13.1. The Morgan fingerprint density at radius 1 is 1.26 bits per heavy atom. The molecule has 2 atom stereocenters. The molecule has 2 aliphatic rings. The molecule has 1 amide bonds. The van der Waals surface area contributed by atoms with Gasteiger partial charge >= 0.3 is 6.18 Å². The van der Waals surface area contributed by atoms with Crippen molar-refractivity contribution in [1.82, 2.24) is 5.01 Å². The summed E-state index contributed by atoms with van der Waals surface area (Å²) in [5.74, 6) is -0.213. The molecule has 0 aromatic heterocycles. The van der Waals surface area contributed by atoms with E-state index in [1.165, 1.54) is 29.8 Å². The summed E-state index contributed by atoms with van der Waals surface area (Å²) in [5.41, 5.74) is 7.70. The number of hydrogen-bond donors (Lipinski definition) is 1. The molecule has 2 aromatic carbocycles. The molecule has 1 spiro atoms. The second-order valence-electron chi connectivity index (χ2n) is 7.94. The van der Waals surface area contributed by atoms with E-state index in [0.717, 1.165) is 42.5 Å². The van der Waals surface area contributed by atoms with E-state index >= 15 is 0 Å². The lowest BCUT2D eigenvalue weighted by Crippen LogP contribution is -2.46. The number of nitrogens with zero attached hydrogens (tertiary/aromatic N) is 2. The second kappa shape index (κ2) is 8.31. The fraction of sp³-hybridized carbons (Fsp3) is 0.391. The Balaban J connectivity index is 1.87. The smallest absolute Gasteiger partial charge is 0.330 e. The zero-order valence-electron chi connectivity index (χ0n) is 17.2. The summed E-state index contributed by atoms with van der Waals surface area (Å²) in [4.78, 5) is 12.0. The van der Waals surface area contributed by atoms with Crippen LogP contribution >= 0.6 is 11.8 Å². The van der Waals surface area contributed by atoms with Gasteiger partial charge in [-0.25, -0.2) is 5.01 Å². The quantitative estimate of drug-likeness (QED) is 0.711. The number of nitrogens with two attached hydrogens (primary N) is 1. The summed E-state index contributed by atoms with van der Waals surface area (Å²) < 4.78 is 39.9. The van der Waals surface area contributed by atoms with Gasteiger partial charge in [0.2, 0.25) is 5.91 Å². The van der Waals surface area contributed by atoms with Crippen LogP contribution in [0.1, 0.15) is 48.4 Å². The van der Waals surface area contributed by atoms with Gasteiger partial charge in [-0.15, -0.1) is 0 Å². The van der Waals surface area contributed by atoms with Gasteiger partial charge in [-0.3, -0.25) is 4.79 Å². The maximum atomic E-state index is 13.3. The van der Waals surface area contributed by atoms with E-state index in [9.17, 15) is 18.0 Å². The topological polar surface area (TPSA) is 58.7 Å². The predicted molar refractivity (Wildman–Crippen MR) is 116 cm³/mol. The van der Waals surface area contributed by atoms with E-state index < -0.39 is 16.6 Å². The molecule has 0 unspecified atom stereocenters. The molecule has 2 aromatic rings. The lowest BCUT2D eigenvalue weighted by molar-refractivity contribution is -0.137. The standard InChI is InChI=1S/C23H24F3N3OS/c1-15(30)29-22(18(12-13-27)9-4-7-16-6-2-3-11-20(16)22)31-21(28-29)17-8-5-10-19(14-17)23(24,25)26/h2-3,5-6,8,10-11,14,18H,4,7,9,12-13,27H2,1H3/t18-,22+/m0/s1. The Hall–Kier alpha value is -2.32. The monoisotopic (exact) mass is 447 g/mol. The van der Waals surface area contributed by atoms with Crippen LogP contribution in [0.25, 0.3) is 0 Å². The molecule has 164 valence electrons. The van der Waals surface area contributed by atoms with Gasteiger partial charge in [-0.2, -0.15) is 18.3 Å². The largest absolute Gasteiger partial charge is 0.416 e. The Labute approximate surface area is 183 Å². The number of thioether (sulfide) groups is 1. The van der Waals surface area contributed by atoms with E-state index in [4.69, 9.17) is 5.73 Å². The van der Waals surface area contributed by atoms with Crippen molar-refractivity contribution in [2.24, 2.45) is 16.8 Å². The third-order valence-corrected chi connectivity index (χ3v) is 7.51. The number of aryl methyl sites for hydroxylation is 1. The van der Waals surface area contributed by atoms with Crippen LogP contribution in [0, 0.1) is 5.92 Å². The van der Waals surface area contributed by atoms with Crippen LogP contribution < -0.4 is 5.73 Å². The number of hydrogen-bond acceptors (Lipinski definition) is 4. The SMILES string of the molecule is CC(=O)N1N=C(c2cccc(C(F)(F)F)c2)S[C@]12c1ccccc1CCC[C@H]2CCN. The lowest BCUT2D eigenvalue weighted by atomic mass is 9.86. The Morgan fingerprint density at radius 3 is 2.74 bits per heavy atom. The van der Waals surface area contributed by atoms with Gasteiger partial charge in [0.15, 0.2) is 0 Å². The van der Waals surface area contributed by atoms with Crippen LogP contribution in [0.15, 0.2) is 53.6 Å². The number of rotatable bonds is 3. The lowest BCUT2D eigenvalue weighted by Gasteiger charge is -2.41. The highest BCUT2D eigenvalue weighted by atomic mass is 32.2. The molecule has 2 N–H and O–H groups in total.